The van der Waals surface area contributed by atoms with Gasteiger partial charge in [-0.1, -0.05) is 30.3 Å². The summed E-state index contributed by atoms with van der Waals surface area (Å²) in [6, 6.07) is 8.48. The maximum Gasteiger partial charge on any atom is 0.410 e. The van der Waals surface area contributed by atoms with Gasteiger partial charge in [0.25, 0.3) is 0 Å². The van der Waals surface area contributed by atoms with Crippen molar-refractivity contribution in [3.8, 4) is 0 Å². The Morgan fingerprint density at radius 3 is 2.37 bits per heavy atom. The van der Waals surface area contributed by atoms with Crippen molar-refractivity contribution in [2.24, 2.45) is 0 Å². The number of nitrogens with one attached hydrogen (secondary N) is 1. The third-order valence-corrected chi connectivity index (χ3v) is 6.48. The van der Waals surface area contributed by atoms with Gasteiger partial charge in [-0.25, -0.2) is 9.78 Å². The lowest BCUT2D eigenvalue weighted by molar-refractivity contribution is -0.166. The van der Waals surface area contributed by atoms with Crippen LogP contribution in [0.1, 0.15) is 45.4 Å². The second-order valence-corrected chi connectivity index (χ2v) is 9.60. The van der Waals surface area contributed by atoms with Crippen molar-refractivity contribution in [2.75, 3.05) is 18.5 Å². The predicted molar refractivity (Wildman–Crippen MR) is 139 cm³/mol. The Hall–Kier alpha value is -4.46. The number of benzene rings is 1. The minimum Gasteiger partial charge on any atom is -0.463 e. The van der Waals surface area contributed by atoms with E-state index in [1.54, 1.807) is 0 Å². The molecule has 2 saturated heterocycles. The number of hydrogen-bond donors (Lipinski definition) is 1. The maximum absolute atomic E-state index is 13.1. The van der Waals surface area contributed by atoms with Crippen molar-refractivity contribution in [2.45, 2.75) is 70.8 Å². The van der Waals surface area contributed by atoms with Crippen molar-refractivity contribution < 1.29 is 47.7 Å². The van der Waals surface area contributed by atoms with Crippen molar-refractivity contribution in [3.05, 3.63) is 48.4 Å². The lowest BCUT2D eigenvalue weighted by Crippen LogP contribution is -2.43. The molecule has 0 aliphatic carbocycles. The molecule has 1 N–H and O–H groups in total. The fraction of sp³-hybridized carbons (Fsp3) is 0.481. The zero-order valence-corrected chi connectivity index (χ0v) is 22.9. The summed E-state index contributed by atoms with van der Waals surface area (Å²) in [4.78, 5) is 66.4. The Morgan fingerprint density at radius 1 is 0.976 bits per heavy atom. The van der Waals surface area contributed by atoms with Crippen molar-refractivity contribution in [1.82, 2.24) is 14.5 Å². The van der Waals surface area contributed by atoms with E-state index in [0.717, 1.165) is 5.56 Å². The highest BCUT2D eigenvalue weighted by atomic mass is 16.7. The summed E-state index contributed by atoms with van der Waals surface area (Å²) in [6.45, 7) is 3.82. The zero-order chi connectivity index (χ0) is 29.5. The molecule has 0 saturated carbocycles. The molecule has 2 amide bonds. The molecular weight excluding hydrogens is 540 g/mol. The Labute approximate surface area is 235 Å². The van der Waals surface area contributed by atoms with Crippen molar-refractivity contribution in [1.29, 1.82) is 0 Å². The van der Waals surface area contributed by atoms with Crippen LogP contribution in [0.15, 0.2) is 42.9 Å². The molecule has 2 aromatic rings. The molecule has 220 valence electrons. The number of amides is 2. The Kier molecular flexibility index (Phi) is 9.55. The van der Waals surface area contributed by atoms with Gasteiger partial charge >= 0.3 is 24.0 Å². The van der Waals surface area contributed by atoms with Gasteiger partial charge in [0.2, 0.25) is 5.91 Å². The molecule has 1 aromatic carbocycles. The standard InChI is InChI=1S/C27H32N4O10/c1-16(32)37-14-21-23(39-17(2)33)24(40-18(3)34)26(41-21)30-12-22(28-15-30)29-25(35)20-10-7-11-31(20)27(36)38-13-19-8-5-4-6-9-19/h4-6,8-9,12,15,20-21,23-24,26H,7,10-11,13-14H2,1-3H3,(H,29,35)/t20-,21+,23+,24+,26+/m0/s1. The van der Waals surface area contributed by atoms with E-state index in [9.17, 15) is 24.0 Å². The number of imidazole rings is 1. The number of likely N-dealkylation sites (tertiary alicyclic amines) is 1. The third kappa shape index (κ3) is 7.60. The Morgan fingerprint density at radius 2 is 1.68 bits per heavy atom. The number of carbonyl (C=O) groups excluding carboxylic acids is 5. The van der Waals surface area contributed by atoms with E-state index in [4.69, 9.17) is 23.7 Å². The number of ether oxygens (including phenoxy) is 5. The summed E-state index contributed by atoms with van der Waals surface area (Å²) >= 11 is 0. The van der Waals surface area contributed by atoms with E-state index in [0.29, 0.717) is 19.4 Å². The number of carbonyl (C=O) groups is 5. The normalized spacial score (nSPS) is 23.5. The number of nitrogens with zero attached hydrogens (tertiary/aromatic N) is 3. The summed E-state index contributed by atoms with van der Waals surface area (Å²) in [7, 11) is 0. The van der Waals surface area contributed by atoms with Crippen LogP contribution >= 0.6 is 0 Å². The topological polar surface area (TPSA) is 165 Å². The summed E-state index contributed by atoms with van der Waals surface area (Å²) in [5.74, 6) is -2.16. The largest absolute Gasteiger partial charge is 0.463 e. The van der Waals surface area contributed by atoms with Gasteiger partial charge in [-0.2, -0.15) is 0 Å². The average Bonchev–Trinajstić information content (AvgIpc) is 3.66. The van der Waals surface area contributed by atoms with Crippen LogP contribution in [-0.4, -0.2) is 81.9 Å². The van der Waals surface area contributed by atoms with Crippen LogP contribution in [0.25, 0.3) is 0 Å². The molecule has 2 aliphatic rings. The van der Waals surface area contributed by atoms with Crippen LogP contribution in [0, 0.1) is 0 Å². The first-order valence-corrected chi connectivity index (χ1v) is 13.1. The first-order valence-electron chi connectivity index (χ1n) is 13.1. The van der Waals surface area contributed by atoms with Gasteiger partial charge in [0.1, 0.15) is 25.4 Å². The van der Waals surface area contributed by atoms with Crippen LogP contribution in [0.5, 0.6) is 0 Å². The van der Waals surface area contributed by atoms with Crippen LogP contribution in [0.2, 0.25) is 0 Å². The van der Waals surface area contributed by atoms with E-state index in [-0.39, 0.29) is 19.0 Å². The summed E-state index contributed by atoms with van der Waals surface area (Å²) in [5, 5.41) is 2.70. The van der Waals surface area contributed by atoms with Gasteiger partial charge < -0.3 is 33.6 Å². The second kappa shape index (κ2) is 13.3. The molecule has 2 fully saturated rings. The van der Waals surface area contributed by atoms with Crippen LogP contribution in [0.4, 0.5) is 10.6 Å². The van der Waals surface area contributed by atoms with Crippen LogP contribution in [0.3, 0.4) is 0 Å². The van der Waals surface area contributed by atoms with E-state index < -0.39 is 60.5 Å². The summed E-state index contributed by atoms with van der Waals surface area (Å²) < 4.78 is 28.6. The number of hydrogen-bond acceptors (Lipinski definition) is 11. The lowest BCUT2D eigenvalue weighted by atomic mass is 10.1. The Balaban J connectivity index is 1.43. The minimum atomic E-state index is -1.10. The molecule has 3 heterocycles. The Bertz CT molecular complexity index is 1270. The number of aromatic nitrogens is 2. The summed E-state index contributed by atoms with van der Waals surface area (Å²) in [6.07, 6.45) is -0.833. The predicted octanol–water partition coefficient (Wildman–Crippen LogP) is 1.95. The van der Waals surface area contributed by atoms with E-state index >= 15 is 0 Å². The molecule has 41 heavy (non-hydrogen) atoms. The van der Waals surface area contributed by atoms with Gasteiger partial charge in [0.05, 0.1) is 12.5 Å². The van der Waals surface area contributed by atoms with Gasteiger partial charge in [0, 0.05) is 27.3 Å². The molecule has 2 aliphatic heterocycles. The molecule has 1 aromatic heterocycles. The van der Waals surface area contributed by atoms with E-state index in [1.807, 2.05) is 30.3 Å². The SMILES string of the molecule is CC(=O)OC[C@H]1O[C@@H](n2cnc(NC(=O)[C@@H]3CCCN3C(=O)OCc3ccccc3)c2)[C@H](OC(C)=O)[C@@H]1OC(C)=O. The molecule has 14 heteroatoms. The fourth-order valence-electron chi connectivity index (χ4n) is 4.74. The number of anilines is 1. The monoisotopic (exact) mass is 572 g/mol. The van der Waals surface area contributed by atoms with Crippen LogP contribution < -0.4 is 5.32 Å². The molecule has 0 unspecified atom stereocenters. The quantitative estimate of drug-likeness (QED) is 0.345. The van der Waals surface area contributed by atoms with Gasteiger partial charge in [-0.05, 0) is 18.4 Å². The maximum atomic E-state index is 13.1. The highest BCUT2D eigenvalue weighted by Crippen LogP contribution is 2.35. The van der Waals surface area contributed by atoms with E-state index in [2.05, 4.69) is 10.3 Å². The van der Waals surface area contributed by atoms with Crippen molar-refractivity contribution in [3.63, 3.8) is 0 Å². The third-order valence-electron chi connectivity index (χ3n) is 6.48. The van der Waals surface area contributed by atoms with E-state index in [1.165, 1.54) is 42.8 Å². The minimum absolute atomic E-state index is 0.0899. The average molecular weight is 573 g/mol. The fourth-order valence-corrected chi connectivity index (χ4v) is 4.74. The van der Waals surface area contributed by atoms with Crippen molar-refractivity contribution >= 4 is 35.7 Å². The lowest BCUT2D eigenvalue weighted by Gasteiger charge is -2.23. The summed E-state index contributed by atoms with van der Waals surface area (Å²) in [5.41, 5.74) is 0.832. The number of rotatable bonds is 9. The second-order valence-electron chi connectivity index (χ2n) is 9.60. The van der Waals surface area contributed by atoms with Crippen LogP contribution in [-0.2, 0) is 49.5 Å². The first kappa shape index (κ1) is 29.5. The highest BCUT2D eigenvalue weighted by molar-refractivity contribution is 5.96. The van der Waals surface area contributed by atoms with Gasteiger partial charge in [-0.15, -0.1) is 0 Å². The number of esters is 3. The molecule has 4 rings (SSSR count). The van der Waals surface area contributed by atoms with Gasteiger partial charge in [-0.3, -0.25) is 24.1 Å². The molecule has 0 bridgehead atoms. The smallest absolute Gasteiger partial charge is 0.410 e. The van der Waals surface area contributed by atoms with Gasteiger partial charge in [0.15, 0.2) is 24.3 Å². The molecule has 0 radical (unpaired) electrons. The molecule has 14 nitrogen and oxygen atoms in total. The molecule has 5 atom stereocenters. The molecular formula is C27H32N4O10. The zero-order valence-electron chi connectivity index (χ0n) is 22.9. The molecule has 0 spiro atoms. The first-order chi connectivity index (χ1) is 19.6. The highest BCUT2D eigenvalue weighted by Gasteiger charge is 2.50.